The SMILES string of the molecule is CC(C)(C)OO.CCC(=O)c1ccc(OC)c(OC)c1.CCC(=O)c1ccc(OC)c(OC)c1.CCC(=O)c1ccc(OC)c(OC)c1.CCC(=O)c1ccc(OC)c(OC)c1.CCCc1ccc(OC)c(OC)c1.CCCc1ccc(OC)c(OC)c1.CCCc1ccc(OC)c(OC)c1.CCCc1ccc(OC)c(OC)c1.N#CC1=C(C#N)C(=O)C(Cl)=C(Cl)C1=O.O=C1c2ccccc2C(=O)N1O. The number of aryl methyl sites for hydroxylation is 4. The predicted octanol–water partition coefficient (Wildman–Crippen LogP) is 22.9. The molecule has 0 saturated heterocycles. The van der Waals surface area contributed by atoms with Crippen molar-refractivity contribution in [3.8, 4) is 104 Å². The Kier molecular flexibility index (Phi) is 60.1. The van der Waals surface area contributed by atoms with E-state index in [0.717, 1.165) is 97.4 Å². The largest absolute Gasteiger partial charge is 0.493 e. The average Bonchev–Trinajstić information content (AvgIpc) is 1.02. The zero-order valence-corrected chi connectivity index (χ0v) is 86.9. The van der Waals surface area contributed by atoms with Crippen LogP contribution in [-0.2, 0) is 40.2 Å². The van der Waals surface area contributed by atoms with Gasteiger partial charge in [-0.05, 0) is 202 Å². The molecule has 0 bridgehead atoms. The van der Waals surface area contributed by atoms with E-state index >= 15 is 0 Å². The van der Waals surface area contributed by atoms with Gasteiger partial charge in [0.25, 0.3) is 11.8 Å². The van der Waals surface area contributed by atoms with Crippen molar-refractivity contribution in [1.82, 2.24) is 5.06 Å². The highest BCUT2D eigenvalue weighted by molar-refractivity contribution is 6.59. The first-order chi connectivity index (χ1) is 67.0. The monoisotopic (exact) mass is 1980 g/mol. The van der Waals surface area contributed by atoms with Gasteiger partial charge in [-0.15, -0.1) is 5.06 Å². The Balaban J connectivity index is 0.000000773. The number of rotatable bonds is 32. The van der Waals surface area contributed by atoms with Crippen molar-refractivity contribution >= 4 is 69.7 Å². The Hall–Kier alpha value is -14.1. The number of imide groups is 1. The summed E-state index contributed by atoms with van der Waals surface area (Å²) < 4.78 is 82.0. The lowest BCUT2D eigenvalue weighted by molar-refractivity contribution is -0.306. The van der Waals surface area contributed by atoms with Crippen molar-refractivity contribution in [3.05, 3.63) is 247 Å². The maximum Gasteiger partial charge on any atom is 0.285 e. The number of nitrogens with zero attached hydrogens (tertiary/aromatic N) is 3. The molecule has 2 N–H and O–H groups in total. The van der Waals surface area contributed by atoms with Crippen LogP contribution >= 0.6 is 23.2 Å². The number of hydrogen-bond acceptors (Lipinski definition) is 29. The molecule has 0 spiro atoms. The molecular formula is C108H135Cl2N3O27. The average molecular weight is 1980 g/mol. The standard InChI is InChI=1S/4C11H14O3.4C11H16O2.C8Cl2N2O2.C8H5NO3.C4H10O2/c4*1-4-9(12)8-5-6-10(13-2)11(7-8)14-3;4*1-4-5-9-6-7-10(12-2)11(8-9)13-3;9-5-6(10)8(14)4(2-12)3(1-11)7(5)13;10-7-5-3-1-2-4-6(5)8(11)9(7)12;1-4(2,3)6-5/h4*5-7H,4H2,1-3H3;4*6-8H,4-5H2,1-3H3;;1-4,12H;5H,1-3H3. The number of allylic oxidation sites excluding steroid dienone is 4. The molecule has 9 aromatic carbocycles. The Morgan fingerprint density at radius 1 is 0.300 bits per heavy atom. The van der Waals surface area contributed by atoms with Gasteiger partial charge < -0.3 is 75.8 Å². The topological polar surface area (TPSA) is 385 Å². The first kappa shape index (κ1) is 124. The number of amides is 2. The molecule has 11 rings (SSSR count). The molecule has 2 amide bonds. The molecule has 32 heteroatoms. The van der Waals surface area contributed by atoms with E-state index in [0.29, 0.717) is 93.9 Å². The van der Waals surface area contributed by atoms with Gasteiger partial charge in [0.1, 0.15) is 33.3 Å². The maximum atomic E-state index is 11.4. The molecule has 0 aromatic heterocycles. The molecule has 0 atom stereocenters. The first-order valence-electron chi connectivity index (χ1n) is 44.5. The third-order valence-corrected chi connectivity index (χ3v) is 20.4. The van der Waals surface area contributed by atoms with Crippen LogP contribution in [0.5, 0.6) is 92.0 Å². The molecule has 30 nitrogen and oxygen atoms in total. The summed E-state index contributed by atoms with van der Waals surface area (Å²) in [5.41, 5.74) is 6.78. The second kappa shape index (κ2) is 68.0. The Morgan fingerprint density at radius 3 is 0.621 bits per heavy atom. The minimum absolute atomic E-state index is 0.103. The molecule has 1 heterocycles. The molecule has 758 valence electrons. The zero-order valence-electron chi connectivity index (χ0n) is 85.3. The quantitative estimate of drug-likeness (QED) is 0.00987. The van der Waals surface area contributed by atoms with E-state index in [1.54, 1.807) is 219 Å². The molecule has 9 aromatic rings. The van der Waals surface area contributed by atoms with Crippen molar-refractivity contribution in [3.63, 3.8) is 0 Å². The fraction of sp³-hybridized carbons (Fsp3) is 0.370. The molecule has 0 saturated carbocycles. The van der Waals surface area contributed by atoms with Gasteiger partial charge in [0.05, 0.1) is 130 Å². The van der Waals surface area contributed by atoms with E-state index in [1.807, 2.05) is 76.2 Å². The Bertz CT molecular complexity index is 5030. The van der Waals surface area contributed by atoms with Crippen molar-refractivity contribution in [2.45, 2.75) is 159 Å². The minimum Gasteiger partial charge on any atom is -0.493 e. The van der Waals surface area contributed by atoms with Crippen LogP contribution in [0.3, 0.4) is 0 Å². The molecule has 0 radical (unpaired) electrons. The maximum absolute atomic E-state index is 11.4. The van der Waals surface area contributed by atoms with E-state index in [1.165, 1.54) is 46.5 Å². The number of halogens is 2. The van der Waals surface area contributed by atoms with Gasteiger partial charge in [-0.1, -0.05) is 141 Å². The van der Waals surface area contributed by atoms with Crippen LogP contribution in [0.25, 0.3) is 0 Å². The summed E-state index contributed by atoms with van der Waals surface area (Å²) in [6.07, 6.45) is 10.9. The highest BCUT2D eigenvalue weighted by Gasteiger charge is 2.35. The van der Waals surface area contributed by atoms with Gasteiger partial charge in [-0.25, -0.2) is 4.89 Å². The number of benzene rings is 9. The summed E-state index contributed by atoms with van der Waals surface area (Å²) in [7, 11) is 25.7. The second-order valence-electron chi connectivity index (χ2n) is 30.1. The van der Waals surface area contributed by atoms with Crippen LogP contribution in [0.2, 0.25) is 0 Å². The van der Waals surface area contributed by atoms with Crippen LogP contribution in [-0.4, -0.2) is 181 Å². The third-order valence-electron chi connectivity index (χ3n) is 19.6. The van der Waals surface area contributed by atoms with Gasteiger partial charge in [0.2, 0.25) is 11.6 Å². The smallest absolute Gasteiger partial charge is 0.285 e. The summed E-state index contributed by atoms with van der Waals surface area (Å²) >= 11 is 10.8. The van der Waals surface area contributed by atoms with Gasteiger partial charge in [0, 0.05) is 47.9 Å². The summed E-state index contributed by atoms with van der Waals surface area (Å²) in [6, 6.07) is 54.1. The number of hydroxylamine groups is 2. The van der Waals surface area contributed by atoms with Crippen LogP contribution < -0.4 is 75.8 Å². The number of Topliss-reactive ketones (excluding diaryl/α,β-unsaturated/α-hetero) is 6. The normalized spacial score (nSPS) is 11.0. The van der Waals surface area contributed by atoms with Crippen LogP contribution in [0.15, 0.2) is 191 Å². The number of nitriles is 2. The lowest BCUT2D eigenvalue weighted by Crippen LogP contribution is -2.25. The summed E-state index contributed by atoms with van der Waals surface area (Å²) in [6.45, 7) is 21.3. The van der Waals surface area contributed by atoms with Gasteiger partial charge in [-0.2, -0.15) is 10.5 Å². The van der Waals surface area contributed by atoms with Crippen LogP contribution in [0, 0.1) is 22.7 Å². The number of carbonyl (C=O) groups is 8. The number of carbonyl (C=O) groups excluding carboxylic acids is 8. The van der Waals surface area contributed by atoms with E-state index in [2.05, 4.69) is 56.8 Å². The number of methoxy groups -OCH3 is 16. The lowest BCUT2D eigenvalue weighted by atomic mass is 9.96. The van der Waals surface area contributed by atoms with E-state index < -0.39 is 50.2 Å². The van der Waals surface area contributed by atoms with Crippen molar-refractivity contribution in [2.75, 3.05) is 114 Å². The van der Waals surface area contributed by atoms with Crippen LogP contribution in [0.4, 0.5) is 0 Å². The Labute approximate surface area is 833 Å². The fourth-order valence-corrected chi connectivity index (χ4v) is 12.6. The molecule has 140 heavy (non-hydrogen) atoms. The second-order valence-corrected chi connectivity index (χ2v) is 30.8. The molecule has 0 fully saturated rings. The molecule has 0 unspecified atom stereocenters. The van der Waals surface area contributed by atoms with Gasteiger partial charge in [0.15, 0.2) is 115 Å². The molecule has 1 aliphatic carbocycles. The number of fused-ring (bicyclic) bond motifs is 1. The molecule has 2 aliphatic rings. The summed E-state index contributed by atoms with van der Waals surface area (Å²) in [5, 5.41) is 33.0. The highest BCUT2D eigenvalue weighted by Crippen LogP contribution is 2.36. The van der Waals surface area contributed by atoms with Crippen LogP contribution in [0.1, 0.15) is 212 Å². The third kappa shape index (κ3) is 40.1. The van der Waals surface area contributed by atoms with Gasteiger partial charge in [-0.3, -0.25) is 48.8 Å². The minimum atomic E-state index is -0.893. The zero-order chi connectivity index (χ0) is 106. The Morgan fingerprint density at radius 2 is 0.471 bits per heavy atom. The van der Waals surface area contributed by atoms with E-state index in [9.17, 15) is 38.4 Å². The number of ether oxygens (including phenoxy) is 16. The van der Waals surface area contributed by atoms with Crippen molar-refractivity contribution in [1.29, 1.82) is 10.5 Å². The molecular weight excluding hydrogens is 1840 g/mol. The number of hydrogen-bond donors (Lipinski definition) is 2. The molecule has 1 aliphatic heterocycles. The summed E-state index contributed by atoms with van der Waals surface area (Å²) in [4.78, 5) is 94.0. The van der Waals surface area contributed by atoms with Crippen molar-refractivity contribution < 1.29 is 129 Å². The van der Waals surface area contributed by atoms with Crippen molar-refractivity contribution in [2.24, 2.45) is 0 Å². The lowest BCUT2D eigenvalue weighted by Gasteiger charge is -2.10. The van der Waals surface area contributed by atoms with Gasteiger partial charge >= 0.3 is 0 Å². The number of ketones is 6. The predicted molar refractivity (Wildman–Crippen MR) is 540 cm³/mol. The highest BCUT2D eigenvalue weighted by atomic mass is 35.5. The summed E-state index contributed by atoms with van der Waals surface area (Å²) in [5.74, 6) is 8.65. The van der Waals surface area contributed by atoms with E-state index in [4.69, 9.17) is 120 Å². The fourth-order valence-electron chi connectivity index (χ4n) is 12.2. The first-order valence-corrected chi connectivity index (χ1v) is 45.3. The van der Waals surface area contributed by atoms with E-state index in [-0.39, 0.29) is 39.3 Å².